The van der Waals surface area contributed by atoms with Crippen LogP contribution in [0, 0.1) is 13.8 Å². The van der Waals surface area contributed by atoms with Crippen LogP contribution in [0.15, 0.2) is 103 Å². The number of fused-ring (bicyclic) bond motifs is 1. The lowest BCUT2D eigenvalue weighted by Crippen LogP contribution is -2.11. The fourth-order valence-electron chi connectivity index (χ4n) is 3.88. The Bertz CT molecular complexity index is 1480. The van der Waals surface area contributed by atoms with Crippen molar-refractivity contribution in [3.63, 3.8) is 0 Å². The fraction of sp³-hybridized carbons (Fsp3) is 0.0667. The van der Waals surface area contributed by atoms with Crippen LogP contribution in [0.5, 0.6) is 5.75 Å². The number of benzene rings is 4. The van der Waals surface area contributed by atoms with E-state index in [1.54, 1.807) is 12.1 Å². The quantitative estimate of drug-likeness (QED) is 0.170. The summed E-state index contributed by atoms with van der Waals surface area (Å²) < 4.78 is 7.82. The smallest absolute Gasteiger partial charge is 0.344 e. The molecule has 5 aromatic rings. The largest absolute Gasteiger partial charge is 0.423 e. The van der Waals surface area contributed by atoms with Gasteiger partial charge in [-0.05, 0) is 61.9 Å². The summed E-state index contributed by atoms with van der Waals surface area (Å²) in [5, 5.41) is 0. The van der Waals surface area contributed by atoms with Gasteiger partial charge in [0.1, 0.15) is 11.6 Å². The maximum atomic E-state index is 13.4. The Labute approximate surface area is 198 Å². The summed E-state index contributed by atoms with van der Waals surface area (Å²) in [6, 6.07) is 33.3. The predicted molar refractivity (Wildman–Crippen MR) is 137 cm³/mol. The van der Waals surface area contributed by atoms with E-state index in [0.29, 0.717) is 17.1 Å². The molecule has 166 valence electrons. The van der Waals surface area contributed by atoms with Crippen LogP contribution in [0.1, 0.15) is 22.5 Å². The maximum Gasteiger partial charge on any atom is 0.344 e. The van der Waals surface area contributed by atoms with E-state index in [2.05, 4.69) is 4.57 Å². The zero-order chi connectivity index (χ0) is 23.5. The number of ether oxygens (including phenoxy) is 1. The fourth-order valence-corrected chi connectivity index (χ4v) is 3.88. The van der Waals surface area contributed by atoms with Gasteiger partial charge in [0.05, 0.1) is 16.6 Å². The minimum Gasteiger partial charge on any atom is -0.423 e. The van der Waals surface area contributed by atoms with Crippen molar-refractivity contribution >= 4 is 28.7 Å². The molecule has 0 aliphatic rings. The highest BCUT2D eigenvalue weighted by Crippen LogP contribution is 2.27. The molecule has 5 rings (SSSR count). The highest BCUT2D eigenvalue weighted by molar-refractivity contribution is 6.22. The zero-order valence-corrected chi connectivity index (χ0v) is 19.1. The van der Waals surface area contributed by atoms with Gasteiger partial charge in [-0.1, -0.05) is 77.9 Å². The number of rotatable bonds is 5. The molecule has 0 bridgehead atoms. The Kier molecular flexibility index (Phi) is 5.79. The molecule has 4 nitrogen and oxygen atoms in total. The SMILES string of the molecule is Cc1ccc(OC(=O)/C(=C/c2nc3ccccc3n2-c2ccccc2)c2ccc(C)cc2)cc1. The molecule has 4 heteroatoms. The van der Waals surface area contributed by atoms with Crippen LogP contribution < -0.4 is 4.74 Å². The van der Waals surface area contributed by atoms with Crippen LogP contribution in [0.25, 0.3) is 28.4 Å². The molecule has 0 saturated heterocycles. The number of carbonyl (C=O) groups is 1. The van der Waals surface area contributed by atoms with Gasteiger partial charge in [-0.15, -0.1) is 0 Å². The molecule has 0 amide bonds. The molecule has 0 radical (unpaired) electrons. The van der Waals surface area contributed by atoms with E-state index in [-0.39, 0.29) is 0 Å². The van der Waals surface area contributed by atoms with Gasteiger partial charge in [0.25, 0.3) is 0 Å². The third-order valence-corrected chi connectivity index (χ3v) is 5.69. The summed E-state index contributed by atoms with van der Waals surface area (Å²) in [6.07, 6.45) is 1.81. The molecule has 0 spiro atoms. The topological polar surface area (TPSA) is 44.1 Å². The van der Waals surface area contributed by atoms with Crippen LogP contribution in [0.3, 0.4) is 0 Å². The van der Waals surface area contributed by atoms with Crippen molar-refractivity contribution in [2.75, 3.05) is 0 Å². The lowest BCUT2D eigenvalue weighted by Gasteiger charge is -2.11. The van der Waals surface area contributed by atoms with E-state index < -0.39 is 5.97 Å². The van der Waals surface area contributed by atoms with Gasteiger partial charge in [-0.3, -0.25) is 4.57 Å². The minimum atomic E-state index is -0.431. The molecule has 34 heavy (non-hydrogen) atoms. The van der Waals surface area contributed by atoms with Crippen LogP contribution >= 0.6 is 0 Å². The molecule has 0 aliphatic heterocycles. The predicted octanol–water partition coefficient (Wildman–Crippen LogP) is 6.79. The normalized spacial score (nSPS) is 11.5. The van der Waals surface area contributed by atoms with Crippen LogP contribution in [0.4, 0.5) is 0 Å². The highest BCUT2D eigenvalue weighted by Gasteiger charge is 2.18. The summed E-state index contributed by atoms with van der Waals surface area (Å²) in [5.74, 6) is 0.730. The molecule has 0 N–H and O–H groups in total. The first-order valence-corrected chi connectivity index (χ1v) is 11.2. The molecule has 0 unspecified atom stereocenters. The molecule has 4 aromatic carbocycles. The van der Waals surface area contributed by atoms with Crippen molar-refractivity contribution in [3.05, 3.63) is 126 Å². The molecule has 0 saturated carbocycles. The molecular weight excluding hydrogens is 420 g/mol. The average Bonchev–Trinajstić information content (AvgIpc) is 3.23. The van der Waals surface area contributed by atoms with E-state index in [0.717, 1.165) is 33.4 Å². The summed E-state index contributed by atoms with van der Waals surface area (Å²) in [6.45, 7) is 4.02. The first-order chi connectivity index (χ1) is 16.6. The molecule has 1 heterocycles. The van der Waals surface area contributed by atoms with E-state index in [1.165, 1.54) is 0 Å². The third kappa shape index (κ3) is 4.39. The lowest BCUT2D eigenvalue weighted by molar-refractivity contribution is -0.127. The van der Waals surface area contributed by atoms with Gasteiger partial charge in [-0.25, -0.2) is 9.78 Å². The Balaban J connectivity index is 1.66. The number of para-hydroxylation sites is 3. The van der Waals surface area contributed by atoms with Crippen LogP contribution in [0.2, 0.25) is 0 Å². The number of aryl methyl sites for hydroxylation is 2. The number of esters is 1. The second-order valence-corrected chi connectivity index (χ2v) is 8.26. The van der Waals surface area contributed by atoms with Gasteiger partial charge in [0.2, 0.25) is 0 Å². The van der Waals surface area contributed by atoms with Gasteiger partial charge >= 0.3 is 5.97 Å². The van der Waals surface area contributed by atoms with Gasteiger partial charge in [0.15, 0.2) is 0 Å². The molecule has 0 fully saturated rings. The zero-order valence-electron chi connectivity index (χ0n) is 19.1. The van der Waals surface area contributed by atoms with Crippen molar-refractivity contribution in [1.82, 2.24) is 9.55 Å². The monoisotopic (exact) mass is 444 g/mol. The number of nitrogens with zero attached hydrogens (tertiary/aromatic N) is 2. The number of imidazole rings is 1. The van der Waals surface area contributed by atoms with Crippen molar-refractivity contribution in [3.8, 4) is 11.4 Å². The number of carbonyl (C=O) groups excluding carboxylic acids is 1. The molecule has 0 aliphatic carbocycles. The van der Waals surface area contributed by atoms with Gasteiger partial charge in [-0.2, -0.15) is 0 Å². The molecular formula is C30H24N2O2. The summed E-state index contributed by atoms with van der Waals surface area (Å²) >= 11 is 0. The first kappa shape index (κ1) is 21.4. The van der Waals surface area contributed by atoms with E-state index >= 15 is 0 Å². The third-order valence-electron chi connectivity index (χ3n) is 5.69. The molecule has 1 aromatic heterocycles. The first-order valence-electron chi connectivity index (χ1n) is 11.2. The Morgan fingerprint density at radius 3 is 2.09 bits per heavy atom. The van der Waals surface area contributed by atoms with Crippen molar-refractivity contribution in [2.45, 2.75) is 13.8 Å². The summed E-state index contributed by atoms with van der Waals surface area (Å²) in [4.78, 5) is 18.3. The maximum absolute atomic E-state index is 13.4. The standard InChI is InChI=1S/C30H24N2O2/c1-21-12-16-23(17-13-21)26(30(33)34-25-18-14-22(2)15-19-25)20-29-31-27-10-6-7-11-28(27)32(29)24-8-4-3-5-9-24/h3-20H,1-2H3/b26-20+. The summed E-state index contributed by atoms with van der Waals surface area (Å²) in [5.41, 5.74) is 6.22. The second kappa shape index (κ2) is 9.20. The van der Waals surface area contributed by atoms with E-state index in [9.17, 15) is 4.79 Å². The van der Waals surface area contributed by atoms with Gasteiger partial charge < -0.3 is 4.74 Å². The van der Waals surface area contributed by atoms with Gasteiger partial charge in [0, 0.05) is 5.69 Å². The van der Waals surface area contributed by atoms with E-state index in [1.807, 2.05) is 111 Å². The van der Waals surface area contributed by atoms with Crippen molar-refractivity contribution in [1.29, 1.82) is 0 Å². The Hall–Kier alpha value is -4.44. The Morgan fingerprint density at radius 1 is 0.765 bits per heavy atom. The number of hydrogen-bond donors (Lipinski definition) is 0. The Morgan fingerprint density at radius 2 is 1.38 bits per heavy atom. The average molecular weight is 445 g/mol. The lowest BCUT2D eigenvalue weighted by atomic mass is 10.0. The summed E-state index contributed by atoms with van der Waals surface area (Å²) in [7, 11) is 0. The molecule has 0 atom stereocenters. The minimum absolute atomic E-state index is 0.431. The van der Waals surface area contributed by atoms with Crippen molar-refractivity contribution in [2.24, 2.45) is 0 Å². The van der Waals surface area contributed by atoms with Crippen LogP contribution in [-0.2, 0) is 4.79 Å². The van der Waals surface area contributed by atoms with Crippen molar-refractivity contribution < 1.29 is 9.53 Å². The highest BCUT2D eigenvalue weighted by atomic mass is 16.5. The number of hydrogen-bond acceptors (Lipinski definition) is 3. The second-order valence-electron chi connectivity index (χ2n) is 8.26. The van der Waals surface area contributed by atoms with Crippen LogP contribution in [-0.4, -0.2) is 15.5 Å². The van der Waals surface area contributed by atoms with E-state index in [4.69, 9.17) is 9.72 Å². The number of aromatic nitrogens is 2.